The van der Waals surface area contributed by atoms with E-state index in [-0.39, 0.29) is 12.0 Å². The van der Waals surface area contributed by atoms with Gasteiger partial charge in [0.05, 0.1) is 0 Å². The SMILES string of the molecule is NC1CCCCCC1C(=O)CC1CC2CCC1C2. The summed E-state index contributed by atoms with van der Waals surface area (Å²) in [5.74, 6) is 3.23. The second-order valence-electron chi connectivity index (χ2n) is 7.01. The van der Waals surface area contributed by atoms with Crippen LogP contribution in [-0.4, -0.2) is 11.8 Å². The quantitative estimate of drug-likeness (QED) is 0.780. The first-order valence-electron chi connectivity index (χ1n) is 8.02. The molecule has 3 aliphatic rings. The summed E-state index contributed by atoms with van der Waals surface area (Å²) in [6.45, 7) is 0. The van der Waals surface area contributed by atoms with Crippen molar-refractivity contribution >= 4 is 5.78 Å². The Labute approximate surface area is 111 Å². The van der Waals surface area contributed by atoms with Crippen molar-refractivity contribution in [3.8, 4) is 0 Å². The maximum absolute atomic E-state index is 12.5. The highest BCUT2D eigenvalue weighted by molar-refractivity contribution is 5.82. The van der Waals surface area contributed by atoms with E-state index in [1.54, 1.807) is 0 Å². The lowest BCUT2D eigenvalue weighted by molar-refractivity contribution is -0.125. The average Bonchev–Trinajstić information content (AvgIpc) is 2.88. The number of fused-ring (bicyclic) bond motifs is 2. The molecular formula is C16H27NO. The van der Waals surface area contributed by atoms with Crippen LogP contribution in [0.1, 0.15) is 64.2 Å². The van der Waals surface area contributed by atoms with Gasteiger partial charge in [0.25, 0.3) is 0 Å². The lowest BCUT2D eigenvalue weighted by atomic mass is 9.80. The van der Waals surface area contributed by atoms with Crippen LogP contribution < -0.4 is 5.73 Å². The monoisotopic (exact) mass is 249 g/mol. The van der Waals surface area contributed by atoms with Gasteiger partial charge in [0.1, 0.15) is 5.78 Å². The molecule has 5 atom stereocenters. The molecule has 5 unspecified atom stereocenters. The third-order valence-corrected chi connectivity index (χ3v) is 5.83. The van der Waals surface area contributed by atoms with E-state index >= 15 is 0 Å². The molecule has 0 aliphatic heterocycles. The van der Waals surface area contributed by atoms with Crippen molar-refractivity contribution in [1.82, 2.24) is 0 Å². The highest BCUT2D eigenvalue weighted by Crippen LogP contribution is 2.50. The molecule has 0 heterocycles. The number of ketones is 1. The van der Waals surface area contributed by atoms with Crippen LogP contribution >= 0.6 is 0 Å². The van der Waals surface area contributed by atoms with Crippen molar-refractivity contribution in [1.29, 1.82) is 0 Å². The van der Waals surface area contributed by atoms with E-state index in [0.717, 1.165) is 31.1 Å². The number of hydrogen-bond acceptors (Lipinski definition) is 2. The summed E-state index contributed by atoms with van der Waals surface area (Å²) in [6, 6.07) is 0.151. The first-order valence-corrected chi connectivity index (χ1v) is 8.02. The molecule has 0 radical (unpaired) electrons. The molecule has 2 heteroatoms. The van der Waals surface area contributed by atoms with E-state index in [2.05, 4.69) is 0 Å². The fourth-order valence-corrected chi connectivity index (χ4v) is 4.77. The highest BCUT2D eigenvalue weighted by Gasteiger charge is 2.41. The second kappa shape index (κ2) is 5.32. The standard InChI is InChI=1S/C16H27NO/c17-15-5-3-1-2-4-14(15)16(18)10-13-9-11-6-7-12(13)8-11/h11-15H,1-10,17H2. The summed E-state index contributed by atoms with van der Waals surface area (Å²) in [5.41, 5.74) is 6.21. The van der Waals surface area contributed by atoms with Crippen LogP contribution in [0.2, 0.25) is 0 Å². The summed E-state index contributed by atoms with van der Waals surface area (Å²) in [5, 5.41) is 0. The number of carbonyl (C=O) groups is 1. The Morgan fingerprint density at radius 1 is 1.00 bits per heavy atom. The number of nitrogens with two attached hydrogens (primary N) is 1. The third-order valence-electron chi connectivity index (χ3n) is 5.83. The lowest BCUT2D eigenvalue weighted by Crippen LogP contribution is -2.35. The minimum Gasteiger partial charge on any atom is -0.327 e. The van der Waals surface area contributed by atoms with Gasteiger partial charge in [0, 0.05) is 18.4 Å². The van der Waals surface area contributed by atoms with Gasteiger partial charge < -0.3 is 5.73 Å². The maximum Gasteiger partial charge on any atom is 0.137 e. The Morgan fingerprint density at radius 3 is 2.56 bits per heavy atom. The van der Waals surface area contributed by atoms with Crippen LogP contribution in [0.3, 0.4) is 0 Å². The molecule has 0 aromatic heterocycles. The van der Waals surface area contributed by atoms with Crippen molar-refractivity contribution in [2.45, 2.75) is 70.3 Å². The number of carbonyl (C=O) groups excluding carboxylic acids is 1. The van der Waals surface area contributed by atoms with Crippen molar-refractivity contribution in [3.63, 3.8) is 0 Å². The molecule has 3 fully saturated rings. The maximum atomic E-state index is 12.5. The molecule has 3 rings (SSSR count). The van der Waals surface area contributed by atoms with Crippen molar-refractivity contribution in [2.24, 2.45) is 29.4 Å². The lowest BCUT2D eigenvalue weighted by Gasteiger charge is -2.25. The van der Waals surface area contributed by atoms with Gasteiger partial charge in [-0.2, -0.15) is 0 Å². The zero-order valence-corrected chi connectivity index (χ0v) is 11.4. The van der Waals surface area contributed by atoms with Gasteiger partial charge in [-0.3, -0.25) is 4.79 Å². The molecule has 2 bridgehead atoms. The smallest absolute Gasteiger partial charge is 0.137 e. The molecule has 0 aromatic rings. The molecular weight excluding hydrogens is 222 g/mol. The molecule has 3 saturated carbocycles. The first-order chi connectivity index (χ1) is 8.74. The summed E-state index contributed by atoms with van der Waals surface area (Å²) >= 11 is 0. The molecule has 0 aromatic carbocycles. The molecule has 2 N–H and O–H groups in total. The van der Waals surface area contributed by atoms with Crippen LogP contribution in [0.15, 0.2) is 0 Å². The predicted octanol–water partition coefficient (Wildman–Crippen LogP) is 3.29. The van der Waals surface area contributed by atoms with Crippen molar-refractivity contribution < 1.29 is 4.79 Å². The van der Waals surface area contributed by atoms with Crippen LogP contribution in [-0.2, 0) is 4.79 Å². The Bertz CT molecular complexity index is 314. The summed E-state index contributed by atoms with van der Waals surface area (Å²) < 4.78 is 0. The normalized spacial score (nSPS) is 43.9. The van der Waals surface area contributed by atoms with Gasteiger partial charge in [0.2, 0.25) is 0 Å². The first kappa shape index (κ1) is 12.7. The largest absolute Gasteiger partial charge is 0.327 e. The minimum atomic E-state index is 0.151. The zero-order valence-electron chi connectivity index (χ0n) is 11.4. The van der Waals surface area contributed by atoms with Gasteiger partial charge in [-0.15, -0.1) is 0 Å². The van der Waals surface area contributed by atoms with E-state index in [1.165, 1.54) is 44.9 Å². The number of rotatable bonds is 3. The fourth-order valence-electron chi connectivity index (χ4n) is 4.77. The Morgan fingerprint density at radius 2 is 1.83 bits per heavy atom. The number of Topliss-reactive ketones (excluding diaryl/α,β-unsaturated/α-hetero) is 1. The molecule has 18 heavy (non-hydrogen) atoms. The van der Waals surface area contributed by atoms with Gasteiger partial charge in [0.15, 0.2) is 0 Å². The van der Waals surface area contributed by atoms with E-state index in [4.69, 9.17) is 5.73 Å². The Hall–Kier alpha value is -0.370. The van der Waals surface area contributed by atoms with Crippen LogP contribution in [0, 0.1) is 23.7 Å². The topological polar surface area (TPSA) is 43.1 Å². The molecule has 102 valence electrons. The highest BCUT2D eigenvalue weighted by atomic mass is 16.1. The van der Waals surface area contributed by atoms with E-state index in [0.29, 0.717) is 11.7 Å². The van der Waals surface area contributed by atoms with Crippen LogP contribution in [0.25, 0.3) is 0 Å². The molecule has 3 aliphatic carbocycles. The zero-order chi connectivity index (χ0) is 12.5. The summed E-state index contributed by atoms with van der Waals surface area (Å²) in [4.78, 5) is 12.5. The van der Waals surface area contributed by atoms with E-state index in [1.807, 2.05) is 0 Å². The van der Waals surface area contributed by atoms with Gasteiger partial charge in [-0.05, 0) is 49.9 Å². The van der Waals surface area contributed by atoms with E-state index < -0.39 is 0 Å². The minimum absolute atomic E-state index is 0.151. The Balaban J connectivity index is 1.57. The Kier molecular flexibility index (Phi) is 3.74. The summed E-state index contributed by atoms with van der Waals surface area (Å²) in [7, 11) is 0. The average molecular weight is 249 g/mol. The number of hydrogen-bond donors (Lipinski definition) is 1. The van der Waals surface area contributed by atoms with Gasteiger partial charge in [-0.1, -0.05) is 25.7 Å². The summed E-state index contributed by atoms with van der Waals surface area (Å²) in [6.07, 6.45) is 12.2. The molecule has 0 amide bonds. The van der Waals surface area contributed by atoms with Crippen molar-refractivity contribution in [2.75, 3.05) is 0 Å². The molecule has 2 nitrogen and oxygen atoms in total. The van der Waals surface area contributed by atoms with Crippen LogP contribution in [0.5, 0.6) is 0 Å². The molecule has 0 saturated heterocycles. The van der Waals surface area contributed by atoms with Gasteiger partial charge in [-0.25, -0.2) is 0 Å². The van der Waals surface area contributed by atoms with Gasteiger partial charge >= 0.3 is 0 Å². The predicted molar refractivity (Wildman–Crippen MR) is 73.1 cm³/mol. The molecule has 0 spiro atoms. The fraction of sp³-hybridized carbons (Fsp3) is 0.938. The second-order valence-corrected chi connectivity index (χ2v) is 7.01. The third kappa shape index (κ3) is 2.49. The van der Waals surface area contributed by atoms with Crippen molar-refractivity contribution in [3.05, 3.63) is 0 Å². The van der Waals surface area contributed by atoms with Crippen LogP contribution in [0.4, 0.5) is 0 Å². The van der Waals surface area contributed by atoms with E-state index in [9.17, 15) is 4.79 Å².